The molecule has 2 fully saturated rings. The molecule has 0 radical (unpaired) electrons. The zero-order valence-corrected chi connectivity index (χ0v) is 19.4. The van der Waals surface area contributed by atoms with Crippen LogP contribution in [0.4, 0.5) is 0 Å². The Hall–Kier alpha value is -3.22. The third-order valence-electron chi connectivity index (χ3n) is 7.83. The molecule has 0 atom stereocenters. The third kappa shape index (κ3) is 3.77. The van der Waals surface area contributed by atoms with Crippen molar-refractivity contribution in [2.24, 2.45) is 5.92 Å². The van der Waals surface area contributed by atoms with Gasteiger partial charge in [0.2, 0.25) is 0 Å². The molecular weight excluding hydrogens is 432 g/mol. The largest absolute Gasteiger partial charge is 0.478 e. The molecule has 3 amide bonds. The van der Waals surface area contributed by atoms with E-state index in [0.29, 0.717) is 17.0 Å². The predicted octanol–water partition coefficient (Wildman–Crippen LogP) is 4.78. The number of hydrogen-bond acceptors (Lipinski definition) is 4. The normalized spacial score (nSPS) is 23.3. The van der Waals surface area contributed by atoms with Crippen LogP contribution in [0.5, 0.6) is 0 Å². The average Bonchev–Trinajstić information content (AvgIpc) is 2.83. The molecule has 0 aromatic heterocycles. The molecule has 3 aliphatic rings. The van der Waals surface area contributed by atoms with E-state index in [-0.39, 0.29) is 39.9 Å². The number of carboxylic acids is 1. The Morgan fingerprint density at radius 2 is 1.41 bits per heavy atom. The zero-order chi connectivity index (χ0) is 24.0. The molecule has 5 rings (SSSR count). The van der Waals surface area contributed by atoms with Gasteiger partial charge in [-0.3, -0.25) is 19.3 Å². The smallest absolute Gasteiger partial charge is 0.336 e. The van der Waals surface area contributed by atoms with Crippen LogP contribution in [0.15, 0.2) is 24.3 Å². The van der Waals surface area contributed by atoms with Crippen LogP contribution in [0.3, 0.4) is 0 Å². The molecule has 2 aliphatic carbocycles. The summed E-state index contributed by atoms with van der Waals surface area (Å²) in [4.78, 5) is 53.8. The molecule has 2 N–H and O–H groups in total. The van der Waals surface area contributed by atoms with Crippen LogP contribution in [-0.4, -0.2) is 45.8 Å². The number of amides is 3. The molecule has 2 saturated carbocycles. The topological polar surface area (TPSA) is 104 Å². The lowest BCUT2D eigenvalue weighted by Gasteiger charge is -2.37. The van der Waals surface area contributed by atoms with Crippen molar-refractivity contribution >= 4 is 34.5 Å². The highest BCUT2D eigenvalue weighted by Crippen LogP contribution is 2.38. The highest BCUT2D eigenvalue weighted by atomic mass is 16.4. The van der Waals surface area contributed by atoms with Gasteiger partial charge in [0.1, 0.15) is 0 Å². The number of rotatable bonds is 4. The minimum atomic E-state index is -1.20. The van der Waals surface area contributed by atoms with Gasteiger partial charge in [-0.15, -0.1) is 0 Å². The first kappa shape index (κ1) is 22.6. The van der Waals surface area contributed by atoms with Gasteiger partial charge >= 0.3 is 5.97 Å². The lowest BCUT2D eigenvalue weighted by molar-refractivity contribution is 0.0485. The molecule has 34 heavy (non-hydrogen) atoms. The van der Waals surface area contributed by atoms with Crippen molar-refractivity contribution in [3.05, 3.63) is 46.5 Å². The standard InChI is InChI=1S/C27H30N2O5/c1-15-7-9-17(10-8-15)29-25(31)19-12-11-18(24(30)28-16-5-3-2-4-6-16)22-21(27(33)34)14-13-20(23(19)22)26(29)32/h11-17H,2-10H2,1H3,(H,28,30)(H,33,34). The molecule has 0 bridgehead atoms. The summed E-state index contributed by atoms with van der Waals surface area (Å²) in [5.74, 6) is -1.78. The molecule has 7 heteroatoms. The molecule has 178 valence electrons. The van der Waals surface area contributed by atoms with E-state index in [4.69, 9.17) is 0 Å². The fraction of sp³-hybridized carbons (Fsp3) is 0.481. The molecule has 0 spiro atoms. The fourth-order valence-corrected chi connectivity index (χ4v) is 5.91. The molecule has 1 heterocycles. The van der Waals surface area contributed by atoms with E-state index >= 15 is 0 Å². The van der Waals surface area contributed by atoms with Gasteiger partial charge in [0.15, 0.2) is 0 Å². The van der Waals surface area contributed by atoms with Gasteiger partial charge in [-0.05, 0) is 68.7 Å². The van der Waals surface area contributed by atoms with Gasteiger partial charge in [0.05, 0.1) is 5.56 Å². The number of carboxylic acid groups (broad SMARTS) is 1. The average molecular weight is 463 g/mol. The lowest BCUT2D eigenvalue weighted by Crippen LogP contribution is -2.48. The van der Waals surface area contributed by atoms with Gasteiger partial charge < -0.3 is 10.4 Å². The second-order valence-electron chi connectivity index (χ2n) is 10.1. The molecule has 0 saturated heterocycles. The first-order valence-electron chi connectivity index (χ1n) is 12.4. The van der Waals surface area contributed by atoms with Crippen LogP contribution in [-0.2, 0) is 0 Å². The van der Waals surface area contributed by atoms with Gasteiger partial charge in [-0.25, -0.2) is 4.79 Å². The molecule has 7 nitrogen and oxygen atoms in total. The second-order valence-corrected chi connectivity index (χ2v) is 10.1. The Balaban J connectivity index is 1.60. The van der Waals surface area contributed by atoms with Crippen LogP contribution >= 0.6 is 0 Å². The Kier molecular flexibility index (Phi) is 5.88. The molecular formula is C27H30N2O5. The highest BCUT2D eigenvalue weighted by Gasteiger charge is 2.40. The molecule has 2 aromatic carbocycles. The first-order valence-corrected chi connectivity index (χ1v) is 12.4. The summed E-state index contributed by atoms with van der Waals surface area (Å²) in [7, 11) is 0. The van der Waals surface area contributed by atoms with Crippen LogP contribution in [0.1, 0.15) is 106 Å². The number of imide groups is 1. The van der Waals surface area contributed by atoms with E-state index in [9.17, 15) is 24.3 Å². The van der Waals surface area contributed by atoms with Crippen molar-refractivity contribution in [3.8, 4) is 0 Å². The number of carbonyl (C=O) groups is 4. The molecule has 1 aliphatic heterocycles. The maximum absolute atomic E-state index is 13.5. The second kappa shape index (κ2) is 8.85. The number of carbonyl (C=O) groups excluding carboxylic acids is 3. The summed E-state index contributed by atoms with van der Waals surface area (Å²) >= 11 is 0. The van der Waals surface area contributed by atoms with Crippen molar-refractivity contribution in [1.29, 1.82) is 0 Å². The monoisotopic (exact) mass is 462 g/mol. The van der Waals surface area contributed by atoms with E-state index in [2.05, 4.69) is 12.2 Å². The van der Waals surface area contributed by atoms with Crippen molar-refractivity contribution in [2.75, 3.05) is 0 Å². The highest BCUT2D eigenvalue weighted by molar-refractivity contribution is 6.29. The van der Waals surface area contributed by atoms with Crippen LogP contribution in [0.25, 0.3) is 10.8 Å². The number of nitrogens with zero attached hydrogens (tertiary/aromatic N) is 1. The Morgan fingerprint density at radius 1 is 0.824 bits per heavy atom. The van der Waals surface area contributed by atoms with Crippen LogP contribution in [0.2, 0.25) is 0 Å². The summed E-state index contributed by atoms with van der Waals surface area (Å²) in [5, 5.41) is 13.4. The van der Waals surface area contributed by atoms with Gasteiger partial charge in [-0.1, -0.05) is 26.2 Å². The minimum absolute atomic E-state index is 0.0489. The first-order chi connectivity index (χ1) is 16.4. The van der Waals surface area contributed by atoms with E-state index < -0.39 is 17.8 Å². The quantitative estimate of drug-likeness (QED) is 0.637. The molecule has 0 unspecified atom stereocenters. The molecule has 2 aromatic rings. The Labute approximate surface area is 198 Å². The Bertz CT molecular complexity index is 1170. The number of aromatic carboxylic acids is 1. The van der Waals surface area contributed by atoms with E-state index in [1.165, 1.54) is 17.0 Å². The Morgan fingerprint density at radius 3 is 2.00 bits per heavy atom. The summed E-state index contributed by atoms with van der Waals surface area (Å²) in [6.45, 7) is 2.18. The summed E-state index contributed by atoms with van der Waals surface area (Å²) in [6, 6.07) is 5.89. The van der Waals surface area contributed by atoms with Gasteiger partial charge in [0, 0.05) is 39.5 Å². The van der Waals surface area contributed by atoms with E-state index in [1.807, 2.05) is 0 Å². The summed E-state index contributed by atoms with van der Waals surface area (Å²) < 4.78 is 0. The summed E-state index contributed by atoms with van der Waals surface area (Å²) in [6.07, 6.45) is 8.50. The van der Waals surface area contributed by atoms with Crippen LogP contribution < -0.4 is 5.32 Å². The third-order valence-corrected chi connectivity index (χ3v) is 7.83. The maximum Gasteiger partial charge on any atom is 0.336 e. The van der Waals surface area contributed by atoms with Crippen molar-refractivity contribution < 1.29 is 24.3 Å². The predicted molar refractivity (Wildman–Crippen MR) is 127 cm³/mol. The van der Waals surface area contributed by atoms with Gasteiger partial charge in [-0.2, -0.15) is 0 Å². The number of hydrogen-bond donors (Lipinski definition) is 2. The fourth-order valence-electron chi connectivity index (χ4n) is 5.91. The number of nitrogens with one attached hydrogen (secondary N) is 1. The SMILES string of the molecule is CC1CCC(N2C(=O)c3ccc(C(=O)O)c4c(C(=O)NC5CCCCC5)ccc(c34)C2=O)CC1. The van der Waals surface area contributed by atoms with E-state index in [1.54, 1.807) is 12.1 Å². The van der Waals surface area contributed by atoms with Crippen molar-refractivity contribution in [2.45, 2.75) is 76.8 Å². The lowest BCUT2D eigenvalue weighted by atomic mass is 9.83. The summed E-state index contributed by atoms with van der Waals surface area (Å²) in [5.41, 5.74) is 0.708. The number of benzene rings is 2. The van der Waals surface area contributed by atoms with Gasteiger partial charge in [0.25, 0.3) is 17.7 Å². The van der Waals surface area contributed by atoms with Crippen molar-refractivity contribution in [3.63, 3.8) is 0 Å². The van der Waals surface area contributed by atoms with Crippen LogP contribution in [0, 0.1) is 5.92 Å². The maximum atomic E-state index is 13.5. The minimum Gasteiger partial charge on any atom is -0.478 e. The van der Waals surface area contributed by atoms with Crippen molar-refractivity contribution in [1.82, 2.24) is 10.2 Å². The van der Waals surface area contributed by atoms with E-state index in [0.717, 1.165) is 57.8 Å². The zero-order valence-electron chi connectivity index (χ0n) is 19.4.